The molecule has 0 N–H and O–H groups in total. The molecule has 1 aliphatic heterocycles. The third-order valence-corrected chi connectivity index (χ3v) is 5.37. The van der Waals surface area contributed by atoms with Crippen LogP contribution in [-0.4, -0.2) is 30.5 Å². The lowest BCUT2D eigenvalue weighted by Crippen LogP contribution is -2.27. The van der Waals surface area contributed by atoms with Crippen molar-refractivity contribution in [1.29, 1.82) is 0 Å². The first-order chi connectivity index (χ1) is 14.2. The first-order valence-corrected chi connectivity index (χ1v) is 9.65. The van der Waals surface area contributed by atoms with E-state index in [0.29, 0.717) is 12.0 Å². The van der Waals surface area contributed by atoms with Crippen molar-refractivity contribution in [2.75, 3.05) is 18.6 Å². The zero-order chi connectivity index (χ0) is 20.2. The Morgan fingerprint density at radius 1 is 1.00 bits per heavy atom. The molecule has 2 heterocycles. The summed E-state index contributed by atoms with van der Waals surface area (Å²) in [7, 11) is 1.37. The molecule has 4 rings (SSSR count). The third-order valence-electron chi connectivity index (χ3n) is 5.37. The molecule has 1 amide bonds. The Balaban J connectivity index is 1.43. The van der Waals surface area contributed by atoms with Crippen LogP contribution in [0.3, 0.4) is 0 Å². The molecular formula is C24H22N2O3. The van der Waals surface area contributed by atoms with Crippen molar-refractivity contribution >= 4 is 17.6 Å². The number of hydrogen-bond acceptors (Lipinski definition) is 4. The molecule has 2 aromatic carbocycles. The molecule has 1 fully saturated rings. The van der Waals surface area contributed by atoms with Crippen molar-refractivity contribution in [2.45, 2.75) is 12.8 Å². The standard InChI is InChI=1S/C24H22N2O3/c1-29-24(28)20-4-2-17(3-5-20)16-21-12-15-26(23(21)27)22-8-6-18(7-9-22)19-10-13-25-14-11-19/h2-11,13-14,21H,12,15-16H2,1H3. The number of methoxy groups -OCH3 is 1. The molecule has 0 bridgehead atoms. The molecule has 1 aliphatic rings. The lowest BCUT2D eigenvalue weighted by atomic mass is 9.97. The lowest BCUT2D eigenvalue weighted by Gasteiger charge is -2.17. The van der Waals surface area contributed by atoms with Gasteiger partial charge in [0.15, 0.2) is 0 Å². The number of amides is 1. The summed E-state index contributed by atoms with van der Waals surface area (Å²) in [5, 5.41) is 0. The van der Waals surface area contributed by atoms with Gasteiger partial charge in [0.1, 0.15) is 0 Å². The summed E-state index contributed by atoms with van der Waals surface area (Å²) in [5.74, 6) is -0.243. The summed E-state index contributed by atoms with van der Waals surface area (Å²) in [6, 6.07) is 19.3. The molecule has 29 heavy (non-hydrogen) atoms. The molecule has 5 nitrogen and oxygen atoms in total. The highest BCUT2D eigenvalue weighted by molar-refractivity contribution is 5.97. The van der Waals surface area contributed by atoms with Gasteiger partial charge in [0, 0.05) is 30.5 Å². The van der Waals surface area contributed by atoms with Gasteiger partial charge in [-0.25, -0.2) is 4.79 Å². The van der Waals surface area contributed by atoms with Gasteiger partial charge in [0.25, 0.3) is 0 Å². The molecule has 5 heteroatoms. The SMILES string of the molecule is COC(=O)c1ccc(CC2CCN(c3ccc(-c4ccncc4)cc3)C2=O)cc1. The zero-order valence-corrected chi connectivity index (χ0v) is 16.2. The maximum atomic E-state index is 12.9. The average molecular weight is 386 g/mol. The van der Waals surface area contributed by atoms with Crippen LogP contribution < -0.4 is 4.90 Å². The zero-order valence-electron chi connectivity index (χ0n) is 16.2. The second-order valence-electron chi connectivity index (χ2n) is 7.15. The fraction of sp³-hybridized carbons (Fsp3) is 0.208. The largest absolute Gasteiger partial charge is 0.465 e. The highest BCUT2D eigenvalue weighted by atomic mass is 16.5. The van der Waals surface area contributed by atoms with Crippen LogP contribution in [0.25, 0.3) is 11.1 Å². The van der Waals surface area contributed by atoms with E-state index >= 15 is 0 Å². The Hall–Kier alpha value is -3.47. The van der Waals surface area contributed by atoms with Crippen molar-refractivity contribution in [3.8, 4) is 11.1 Å². The van der Waals surface area contributed by atoms with Gasteiger partial charge in [-0.3, -0.25) is 9.78 Å². The molecule has 1 unspecified atom stereocenters. The molecule has 0 saturated carbocycles. The number of pyridine rings is 1. The summed E-state index contributed by atoms with van der Waals surface area (Å²) in [6.45, 7) is 0.721. The number of carbonyl (C=O) groups excluding carboxylic acids is 2. The fourth-order valence-electron chi connectivity index (χ4n) is 3.74. The van der Waals surface area contributed by atoms with Crippen molar-refractivity contribution in [3.05, 3.63) is 84.2 Å². The Morgan fingerprint density at radius 2 is 1.66 bits per heavy atom. The number of carbonyl (C=O) groups is 2. The van der Waals surface area contributed by atoms with E-state index < -0.39 is 0 Å². The van der Waals surface area contributed by atoms with E-state index in [1.165, 1.54) is 7.11 Å². The van der Waals surface area contributed by atoms with E-state index in [2.05, 4.69) is 4.98 Å². The van der Waals surface area contributed by atoms with Crippen LogP contribution in [0.2, 0.25) is 0 Å². The maximum absolute atomic E-state index is 12.9. The molecule has 1 aromatic heterocycles. The van der Waals surface area contributed by atoms with Crippen molar-refractivity contribution in [3.63, 3.8) is 0 Å². The molecule has 146 valence electrons. The molecule has 1 atom stereocenters. The molecule has 1 saturated heterocycles. The predicted octanol–water partition coefficient (Wildman–Crippen LogP) is 4.13. The van der Waals surface area contributed by atoms with Gasteiger partial charge in [-0.05, 0) is 65.9 Å². The monoisotopic (exact) mass is 386 g/mol. The van der Waals surface area contributed by atoms with Crippen molar-refractivity contribution in [1.82, 2.24) is 4.98 Å². The Bertz CT molecular complexity index is 999. The number of anilines is 1. The number of aromatic nitrogens is 1. The van der Waals surface area contributed by atoms with E-state index in [1.807, 2.05) is 53.4 Å². The number of esters is 1. The maximum Gasteiger partial charge on any atom is 0.337 e. The highest BCUT2D eigenvalue weighted by Crippen LogP contribution is 2.29. The second kappa shape index (κ2) is 8.27. The second-order valence-corrected chi connectivity index (χ2v) is 7.15. The van der Waals surface area contributed by atoms with Gasteiger partial charge in [-0.2, -0.15) is 0 Å². The number of benzene rings is 2. The summed E-state index contributed by atoms with van der Waals surface area (Å²) in [4.78, 5) is 30.4. The van der Waals surface area contributed by atoms with Crippen LogP contribution in [0.4, 0.5) is 5.69 Å². The summed E-state index contributed by atoms with van der Waals surface area (Å²) in [6.07, 6.45) is 5.04. The summed E-state index contributed by atoms with van der Waals surface area (Å²) < 4.78 is 4.72. The molecule has 0 spiro atoms. The van der Waals surface area contributed by atoms with Gasteiger partial charge >= 0.3 is 5.97 Å². The van der Waals surface area contributed by atoms with Gasteiger partial charge in [0.2, 0.25) is 5.91 Å². The number of hydrogen-bond donors (Lipinski definition) is 0. The Kier molecular flexibility index (Phi) is 5.38. The minimum absolute atomic E-state index is 0.0427. The van der Waals surface area contributed by atoms with E-state index in [1.54, 1.807) is 24.5 Å². The van der Waals surface area contributed by atoms with Crippen LogP contribution in [-0.2, 0) is 16.0 Å². The van der Waals surface area contributed by atoms with Gasteiger partial charge in [0.05, 0.1) is 12.7 Å². The van der Waals surface area contributed by atoms with Gasteiger partial charge in [-0.15, -0.1) is 0 Å². The molecular weight excluding hydrogens is 364 g/mol. The van der Waals surface area contributed by atoms with Crippen LogP contribution >= 0.6 is 0 Å². The first-order valence-electron chi connectivity index (χ1n) is 9.65. The van der Waals surface area contributed by atoms with Crippen molar-refractivity contribution in [2.24, 2.45) is 5.92 Å². The van der Waals surface area contributed by atoms with Crippen LogP contribution in [0.15, 0.2) is 73.1 Å². The molecule has 0 radical (unpaired) electrons. The summed E-state index contributed by atoms with van der Waals surface area (Å²) >= 11 is 0. The molecule has 3 aromatic rings. The minimum Gasteiger partial charge on any atom is -0.465 e. The van der Waals surface area contributed by atoms with Crippen molar-refractivity contribution < 1.29 is 14.3 Å². The highest BCUT2D eigenvalue weighted by Gasteiger charge is 2.32. The van der Waals surface area contributed by atoms with Crippen LogP contribution in [0, 0.1) is 5.92 Å². The minimum atomic E-state index is -0.352. The van der Waals surface area contributed by atoms with Gasteiger partial charge < -0.3 is 9.64 Å². The fourth-order valence-corrected chi connectivity index (χ4v) is 3.74. The Labute approximate surface area is 170 Å². The number of nitrogens with zero attached hydrogens (tertiary/aromatic N) is 2. The number of ether oxygens (including phenoxy) is 1. The quantitative estimate of drug-likeness (QED) is 0.619. The first kappa shape index (κ1) is 18.9. The average Bonchev–Trinajstić information content (AvgIpc) is 3.14. The Morgan fingerprint density at radius 3 is 2.31 bits per heavy atom. The van der Waals surface area contributed by atoms with Crippen LogP contribution in [0.1, 0.15) is 22.3 Å². The predicted molar refractivity (Wildman–Crippen MR) is 112 cm³/mol. The lowest BCUT2D eigenvalue weighted by molar-refractivity contribution is -0.120. The normalized spacial score (nSPS) is 16.1. The smallest absolute Gasteiger partial charge is 0.337 e. The molecule has 0 aliphatic carbocycles. The van der Waals surface area contributed by atoms with E-state index in [9.17, 15) is 9.59 Å². The van der Waals surface area contributed by atoms with E-state index in [4.69, 9.17) is 4.74 Å². The topological polar surface area (TPSA) is 59.5 Å². The van der Waals surface area contributed by atoms with Gasteiger partial charge in [-0.1, -0.05) is 24.3 Å². The van der Waals surface area contributed by atoms with E-state index in [-0.39, 0.29) is 17.8 Å². The van der Waals surface area contributed by atoms with Crippen LogP contribution in [0.5, 0.6) is 0 Å². The number of rotatable bonds is 5. The van der Waals surface area contributed by atoms with E-state index in [0.717, 1.165) is 35.3 Å². The summed E-state index contributed by atoms with van der Waals surface area (Å²) in [5.41, 5.74) is 4.70. The third kappa shape index (κ3) is 4.04.